The van der Waals surface area contributed by atoms with Gasteiger partial charge < -0.3 is 36.8 Å². The molecular formula is C12H20F2N4O6. The summed E-state index contributed by atoms with van der Waals surface area (Å²) in [6.07, 6.45) is -8.82. The average Bonchev–Trinajstić information content (AvgIpc) is 2.52. The van der Waals surface area contributed by atoms with E-state index in [0.29, 0.717) is 0 Å². The number of aliphatic imine (C=N–C) groups is 1. The molecule has 138 valence electrons. The Bertz CT molecular complexity index is 506. The summed E-state index contributed by atoms with van der Waals surface area (Å²) in [5, 5.41) is 30.6. The molecule has 0 aromatic rings. The molecule has 0 spiro atoms. The summed E-state index contributed by atoms with van der Waals surface area (Å²) in [5.41, 5.74) is 10.3. The van der Waals surface area contributed by atoms with Gasteiger partial charge in [0.05, 0.1) is 12.6 Å². The molecule has 0 saturated carbocycles. The Morgan fingerprint density at radius 2 is 2.08 bits per heavy atom. The van der Waals surface area contributed by atoms with Crippen LogP contribution in [0.15, 0.2) is 4.99 Å². The molecule has 1 aliphatic rings. The molecule has 0 radical (unpaired) electrons. The van der Waals surface area contributed by atoms with Crippen LogP contribution in [0.1, 0.15) is 6.92 Å². The van der Waals surface area contributed by atoms with E-state index in [1.807, 2.05) is 0 Å². The van der Waals surface area contributed by atoms with Gasteiger partial charge in [-0.25, -0.2) is 13.8 Å². The summed E-state index contributed by atoms with van der Waals surface area (Å²) < 4.78 is 33.4. The molecule has 1 amide bonds. The zero-order valence-corrected chi connectivity index (χ0v) is 12.7. The van der Waals surface area contributed by atoms with Gasteiger partial charge in [0.15, 0.2) is 18.4 Å². The minimum atomic E-state index is -3.53. The van der Waals surface area contributed by atoms with Crippen LogP contribution in [0.2, 0.25) is 0 Å². The van der Waals surface area contributed by atoms with Crippen LogP contribution in [0.3, 0.4) is 0 Å². The van der Waals surface area contributed by atoms with Crippen LogP contribution in [0.4, 0.5) is 8.78 Å². The molecular weight excluding hydrogens is 334 g/mol. The van der Waals surface area contributed by atoms with Gasteiger partial charge in [-0.1, -0.05) is 0 Å². The lowest BCUT2D eigenvalue weighted by Gasteiger charge is -2.45. The van der Waals surface area contributed by atoms with Crippen LogP contribution < -0.4 is 16.8 Å². The van der Waals surface area contributed by atoms with Crippen LogP contribution in [0.25, 0.3) is 0 Å². The van der Waals surface area contributed by atoms with Crippen LogP contribution in [0.5, 0.6) is 0 Å². The van der Waals surface area contributed by atoms with E-state index in [4.69, 9.17) is 16.6 Å². The van der Waals surface area contributed by atoms with E-state index in [2.05, 4.69) is 15.0 Å². The van der Waals surface area contributed by atoms with Crippen molar-refractivity contribution in [1.29, 1.82) is 0 Å². The zero-order valence-electron chi connectivity index (χ0n) is 12.7. The fraction of sp³-hybridized carbons (Fsp3) is 0.750. The van der Waals surface area contributed by atoms with E-state index in [-0.39, 0.29) is 0 Å². The SMILES string of the molecule is CC(=O)NC1C(N=C(N)N)C(F)C(F)(C=O)OC1[C@H](O)[C@H](O)CO. The molecule has 12 heteroatoms. The molecule has 1 saturated heterocycles. The first-order valence-electron chi connectivity index (χ1n) is 6.87. The number of hydrogen-bond donors (Lipinski definition) is 6. The van der Waals surface area contributed by atoms with E-state index in [1.54, 1.807) is 0 Å². The first-order valence-corrected chi connectivity index (χ1v) is 6.87. The van der Waals surface area contributed by atoms with Gasteiger partial charge >= 0.3 is 0 Å². The summed E-state index contributed by atoms with van der Waals surface area (Å²) in [6.45, 7) is 0.100. The number of carbonyl (C=O) groups is 2. The largest absolute Gasteiger partial charge is 0.394 e. The second kappa shape index (κ2) is 7.79. The summed E-state index contributed by atoms with van der Waals surface area (Å²) in [6, 6.07) is -3.35. The topological polar surface area (TPSA) is 180 Å². The number of halogens is 2. The van der Waals surface area contributed by atoms with E-state index >= 15 is 0 Å². The Morgan fingerprint density at radius 1 is 1.50 bits per heavy atom. The van der Waals surface area contributed by atoms with Gasteiger partial charge in [-0.3, -0.25) is 9.59 Å². The van der Waals surface area contributed by atoms with Gasteiger partial charge in [0.1, 0.15) is 24.4 Å². The highest BCUT2D eigenvalue weighted by Crippen LogP contribution is 2.35. The Hall–Kier alpha value is -1.89. The van der Waals surface area contributed by atoms with Gasteiger partial charge in [0, 0.05) is 6.92 Å². The van der Waals surface area contributed by atoms with E-state index < -0.39 is 67.2 Å². The molecule has 0 aromatic carbocycles. The maximum absolute atomic E-state index is 14.4. The summed E-state index contributed by atoms with van der Waals surface area (Å²) >= 11 is 0. The quantitative estimate of drug-likeness (QED) is 0.161. The molecule has 5 unspecified atom stereocenters. The highest BCUT2D eigenvalue weighted by Gasteiger charge is 2.59. The molecule has 1 aliphatic heterocycles. The second-order valence-electron chi connectivity index (χ2n) is 5.31. The molecule has 0 bridgehead atoms. The number of ether oxygens (including phenoxy) is 1. The summed E-state index contributed by atoms with van der Waals surface area (Å²) in [7, 11) is 0. The number of nitrogens with one attached hydrogen (secondary N) is 1. The van der Waals surface area contributed by atoms with Crippen LogP contribution in [0, 0.1) is 0 Å². The Kier molecular flexibility index (Phi) is 6.54. The van der Waals surface area contributed by atoms with Crippen molar-refractivity contribution in [1.82, 2.24) is 5.32 Å². The minimum Gasteiger partial charge on any atom is -0.394 e. The summed E-state index contributed by atoms with van der Waals surface area (Å²) in [4.78, 5) is 25.7. The lowest BCUT2D eigenvalue weighted by Crippen LogP contribution is -2.69. The number of alkyl halides is 2. The first-order chi connectivity index (χ1) is 11.1. The molecule has 0 aromatic heterocycles. The van der Waals surface area contributed by atoms with Crippen molar-refractivity contribution < 1.29 is 38.4 Å². The Morgan fingerprint density at radius 3 is 2.50 bits per heavy atom. The number of aldehydes is 1. The molecule has 0 aliphatic carbocycles. The van der Waals surface area contributed by atoms with Crippen molar-refractivity contribution in [2.45, 2.75) is 49.3 Å². The molecule has 24 heavy (non-hydrogen) atoms. The third-order valence-corrected chi connectivity index (χ3v) is 3.46. The maximum Gasteiger partial charge on any atom is 0.299 e. The number of aliphatic hydroxyl groups is 3. The molecule has 1 fully saturated rings. The third kappa shape index (κ3) is 4.14. The molecule has 7 atom stereocenters. The number of carbonyl (C=O) groups excluding carboxylic acids is 2. The van der Waals surface area contributed by atoms with Gasteiger partial charge in [-0.05, 0) is 0 Å². The van der Waals surface area contributed by atoms with Gasteiger partial charge in [0.25, 0.3) is 5.85 Å². The minimum absolute atomic E-state index is 0.484. The third-order valence-electron chi connectivity index (χ3n) is 3.46. The van der Waals surface area contributed by atoms with Crippen LogP contribution in [-0.2, 0) is 14.3 Å². The number of aliphatic hydroxyl groups excluding tert-OH is 3. The standard InChI is InChI=1S/C12H20F2N4O6/c1-4(21)17-6-7(18-11(15)16)10(13)12(14,3-20)24-9(6)8(23)5(22)2-19/h3,5-10,19,22-23H,2H2,1H3,(H,17,21)(H4,15,16,18)/t5-,6?,7?,8-,9?,10?,12?/m1/s1. The van der Waals surface area contributed by atoms with Gasteiger partial charge in [-0.2, -0.15) is 0 Å². The normalized spacial score (nSPS) is 35.6. The van der Waals surface area contributed by atoms with Crippen molar-refractivity contribution in [2.24, 2.45) is 16.5 Å². The van der Waals surface area contributed by atoms with Crippen molar-refractivity contribution in [3.63, 3.8) is 0 Å². The first kappa shape index (κ1) is 20.2. The average molecular weight is 354 g/mol. The monoisotopic (exact) mass is 354 g/mol. The number of hydrogen-bond acceptors (Lipinski definition) is 7. The predicted molar refractivity (Wildman–Crippen MR) is 76.0 cm³/mol. The molecule has 10 nitrogen and oxygen atoms in total. The van der Waals surface area contributed by atoms with Crippen molar-refractivity contribution >= 4 is 18.2 Å². The Labute approximate surface area is 135 Å². The number of nitrogens with zero attached hydrogens (tertiary/aromatic N) is 1. The number of guanidine groups is 1. The summed E-state index contributed by atoms with van der Waals surface area (Å²) in [5.74, 6) is -4.91. The van der Waals surface area contributed by atoms with E-state index in [1.165, 1.54) is 0 Å². The van der Waals surface area contributed by atoms with Crippen LogP contribution in [-0.4, -0.2) is 82.5 Å². The van der Waals surface area contributed by atoms with Crippen LogP contribution >= 0.6 is 0 Å². The lowest BCUT2D eigenvalue weighted by atomic mass is 9.86. The number of amides is 1. The Balaban J connectivity index is 3.37. The van der Waals surface area contributed by atoms with Gasteiger partial charge in [0.2, 0.25) is 5.91 Å². The van der Waals surface area contributed by atoms with Gasteiger partial charge in [-0.15, -0.1) is 0 Å². The van der Waals surface area contributed by atoms with E-state index in [9.17, 15) is 28.6 Å². The molecule has 8 N–H and O–H groups in total. The van der Waals surface area contributed by atoms with Crippen molar-refractivity contribution in [2.75, 3.05) is 6.61 Å². The molecule has 1 rings (SSSR count). The highest BCUT2D eigenvalue weighted by molar-refractivity contribution is 5.77. The second-order valence-corrected chi connectivity index (χ2v) is 5.31. The lowest BCUT2D eigenvalue weighted by molar-refractivity contribution is -0.260. The van der Waals surface area contributed by atoms with E-state index in [0.717, 1.165) is 6.92 Å². The predicted octanol–water partition coefficient (Wildman–Crippen LogP) is -3.55. The maximum atomic E-state index is 14.4. The van der Waals surface area contributed by atoms with Crippen molar-refractivity contribution in [3.8, 4) is 0 Å². The zero-order chi connectivity index (χ0) is 18.7. The number of nitrogens with two attached hydrogens (primary N) is 2. The highest BCUT2D eigenvalue weighted by atomic mass is 19.2. The number of rotatable bonds is 6. The fourth-order valence-corrected chi connectivity index (χ4v) is 2.38. The van der Waals surface area contributed by atoms with Crippen molar-refractivity contribution in [3.05, 3.63) is 0 Å². The fourth-order valence-electron chi connectivity index (χ4n) is 2.38. The molecule has 1 heterocycles. The smallest absolute Gasteiger partial charge is 0.299 e.